The van der Waals surface area contributed by atoms with Gasteiger partial charge in [0.05, 0.1) is 13.2 Å². The van der Waals surface area contributed by atoms with Gasteiger partial charge in [-0.25, -0.2) is 0 Å². The summed E-state index contributed by atoms with van der Waals surface area (Å²) in [4.78, 5) is 0. The van der Waals surface area contributed by atoms with Crippen molar-refractivity contribution in [3.05, 3.63) is 10.6 Å². The van der Waals surface area contributed by atoms with Crippen molar-refractivity contribution in [1.29, 1.82) is 0 Å². The molecule has 1 aliphatic rings. The van der Waals surface area contributed by atoms with Crippen LogP contribution < -0.4 is 0 Å². The van der Waals surface area contributed by atoms with E-state index < -0.39 is 0 Å². The fraction of sp³-hybridized carbons (Fsp3) is 0.600. The Kier molecular flexibility index (Phi) is 1.88. The monoisotopic (exact) mass is 162 g/mol. The van der Waals surface area contributed by atoms with Crippen LogP contribution in [0.25, 0.3) is 0 Å². The van der Waals surface area contributed by atoms with Gasteiger partial charge in [-0.2, -0.15) is 0 Å². The molecule has 0 atom stereocenters. The van der Waals surface area contributed by atoms with Crippen molar-refractivity contribution in [2.45, 2.75) is 6.42 Å². The lowest BCUT2D eigenvalue weighted by Crippen LogP contribution is -2.00. The molecule has 0 bridgehead atoms. The van der Waals surface area contributed by atoms with Gasteiger partial charge in [-0.05, 0) is 6.42 Å². The van der Waals surface area contributed by atoms with Crippen molar-refractivity contribution in [3.63, 3.8) is 0 Å². The zero-order valence-electron chi connectivity index (χ0n) is 3.98. The molecule has 0 saturated heterocycles. The molecule has 1 rings (SSSR count). The molecule has 40 valence electrons. The molecular formula is C5H7BrO. The maximum atomic E-state index is 5.07. The first-order valence-electron chi connectivity index (χ1n) is 2.32. The minimum absolute atomic E-state index is 0.764. The van der Waals surface area contributed by atoms with E-state index in [1.165, 1.54) is 4.48 Å². The number of halogens is 1. The van der Waals surface area contributed by atoms with Crippen molar-refractivity contribution in [2.75, 3.05) is 13.2 Å². The second kappa shape index (κ2) is 2.48. The van der Waals surface area contributed by atoms with Gasteiger partial charge in [0.1, 0.15) is 0 Å². The van der Waals surface area contributed by atoms with Gasteiger partial charge in [0, 0.05) is 4.48 Å². The van der Waals surface area contributed by atoms with Crippen molar-refractivity contribution in [3.8, 4) is 0 Å². The fourth-order valence-electron chi connectivity index (χ4n) is 0.527. The van der Waals surface area contributed by atoms with Crippen LogP contribution in [0, 0.1) is 0 Å². The molecule has 7 heavy (non-hydrogen) atoms. The molecule has 1 nitrogen and oxygen atoms in total. The zero-order chi connectivity index (χ0) is 5.11. The standard InChI is InChI=1S/C5H7BrO/c6-5-2-1-3-7-4-5/h2H,1,3-4H2. The Balaban J connectivity index is 2.40. The fourth-order valence-corrected chi connectivity index (χ4v) is 0.918. The number of ether oxygens (including phenoxy) is 1. The zero-order valence-corrected chi connectivity index (χ0v) is 5.57. The Morgan fingerprint density at radius 3 is 2.86 bits per heavy atom. The normalized spacial score (nSPS) is 21.6. The summed E-state index contributed by atoms with van der Waals surface area (Å²) in [5.74, 6) is 0. The van der Waals surface area contributed by atoms with E-state index in [-0.39, 0.29) is 0 Å². The van der Waals surface area contributed by atoms with Crippen LogP contribution in [0.2, 0.25) is 0 Å². The molecule has 0 unspecified atom stereocenters. The number of hydrogen-bond acceptors (Lipinski definition) is 1. The van der Waals surface area contributed by atoms with Gasteiger partial charge in [-0.15, -0.1) is 0 Å². The minimum atomic E-state index is 0.764. The van der Waals surface area contributed by atoms with Crippen molar-refractivity contribution in [2.24, 2.45) is 0 Å². The Morgan fingerprint density at radius 2 is 2.57 bits per heavy atom. The first-order chi connectivity index (χ1) is 3.39. The van der Waals surface area contributed by atoms with Gasteiger partial charge in [-0.3, -0.25) is 0 Å². The lowest BCUT2D eigenvalue weighted by molar-refractivity contribution is 0.156. The predicted molar refractivity (Wildman–Crippen MR) is 32.4 cm³/mol. The van der Waals surface area contributed by atoms with Gasteiger partial charge in [-0.1, -0.05) is 22.0 Å². The minimum Gasteiger partial charge on any atom is -0.376 e. The highest BCUT2D eigenvalue weighted by Gasteiger charge is 1.96. The van der Waals surface area contributed by atoms with Crippen LogP contribution >= 0.6 is 15.9 Å². The van der Waals surface area contributed by atoms with E-state index in [9.17, 15) is 0 Å². The lowest BCUT2D eigenvalue weighted by atomic mass is 10.3. The summed E-state index contributed by atoms with van der Waals surface area (Å²) in [5.41, 5.74) is 0. The van der Waals surface area contributed by atoms with Crippen molar-refractivity contribution < 1.29 is 4.74 Å². The number of rotatable bonds is 0. The molecule has 0 fully saturated rings. The van der Waals surface area contributed by atoms with E-state index in [0.717, 1.165) is 19.6 Å². The molecule has 0 aromatic heterocycles. The molecule has 0 aliphatic carbocycles. The molecule has 0 aromatic rings. The van der Waals surface area contributed by atoms with E-state index in [1.54, 1.807) is 0 Å². The molecule has 1 aliphatic heterocycles. The van der Waals surface area contributed by atoms with Gasteiger partial charge in [0.25, 0.3) is 0 Å². The van der Waals surface area contributed by atoms with Crippen LogP contribution in [-0.4, -0.2) is 13.2 Å². The summed E-state index contributed by atoms with van der Waals surface area (Å²) in [6.07, 6.45) is 3.20. The molecule has 0 amide bonds. The molecule has 0 spiro atoms. The third-order valence-electron chi connectivity index (χ3n) is 0.868. The molecular weight excluding hydrogens is 156 g/mol. The maximum absolute atomic E-state index is 5.07. The van der Waals surface area contributed by atoms with Crippen LogP contribution in [0.15, 0.2) is 10.6 Å². The molecule has 1 heterocycles. The number of hydrogen-bond donors (Lipinski definition) is 0. The second-order valence-corrected chi connectivity index (χ2v) is 2.51. The van der Waals surface area contributed by atoms with E-state index in [0.29, 0.717) is 0 Å². The SMILES string of the molecule is BrC1=CCCOC1. The van der Waals surface area contributed by atoms with Crippen LogP contribution in [0.1, 0.15) is 6.42 Å². The Labute approximate surface area is 51.5 Å². The predicted octanol–water partition coefficient (Wildman–Crippen LogP) is 1.69. The quantitative estimate of drug-likeness (QED) is 0.527. The average Bonchev–Trinajstić information content (AvgIpc) is 1.69. The van der Waals surface area contributed by atoms with Gasteiger partial charge < -0.3 is 4.74 Å². The first kappa shape index (κ1) is 5.32. The molecule has 2 heteroatoms. The third kappa shape index (κ3) is 1.61. The summed E-state index contributed by atoms with van der Waals surface area (Å²) in [6, 6.07) is 0. The van der Waals surface area contributed by atoms with Gasteiger partial charge >= 0.3 is 0 Å². The second-order valence-electron chi connectivity index (χ2n) is 1.49. The van der Waals surface area contributed by atoms with Crippen LogP contribution in [0.3, 0.4) is 0 Å². The summed E-state index contributed by atoms with van der Waals surface area (Å²) < 4.78 is 6.25. The largest absolute Gasteiger partial charge is 0.376 e. The Morgan fingerprint density at radius 1 is 1.71 bits per heavy atom. The Hall–Kier alpha value is 0.180. The van der Waals surface area contributed by atoms with Crippen LogP contribution in [0.4, 0.5) is 0 Å². The lowest BCUT2D eigenvalue weighted by Gasteiger charge is -2.06. The van der Waals surface area contributed by atoms with Crippen LogP contribution in [0.5, 0.6) is 0 Å². The Bertz CT molecular complexity index is 88.1. The van der Waals surface area contributed by atoms with Gasteiger partial charge in [0.15, 0.2) is 0 Å². The maximum Gasteiger partial charge on any atom is 0.0778 e. The topological polar surface area (TPSA) is 9.23 Å². The summed E-state index contributed by atoms with van der Waals surface area (Å²) in [6.45, 7) is 1.65. The first-order valence-corrected chi connectivity index (χ1v) is 3.11. The van der Waals surface area contributed by atoms with Crippen molar-refractivity contribution in [1.82, 2.24) is 0 Å². The van der Waals surface area contributed by atoms with E-state index >= 15 is 0 Å². The average molecular weight is 163 g/mol. The third-order valence-corrected chi connectivity index (χ3v) is 1.42. The molecule has 0 radical (unpaired) electrons. The molecule has 0 aromatic carbocycles. The summed E-state index contributed by atoms with van der Waals surface area (Å²) in [7, 11) is 0. The molecule has 0 N–H and O–H groups in total. The highest BCUT2D eigenvalue weighted by atomic mass is 79.9. The van der Waals surface area contributed by atoms with Gasteiger partial charge in [0.2, 0.25) is 0 Å². The van der Waals surface area contributed by atoms with E-state index in [2.05, 4.69) is 22.0 Å². The summed E-state index contributed by atoms with van der Waals surface area (Å²) >= 11 is 3.32. The van der Waals surface area contributed by atoms with E-state index in [1.807, 2.05) is 0 Å². The summed E-state index contributed by atoms with van der Waals surface area (Å²) in [5, 5.41) is 0. The van der Waals surface area contributed by atoms with Crippen LogP contribution in [-0.2, 0) is 4.74 Å². The van der Waals surface area contributed by atoms with E-state index in [4.69, 9.17) is 4.74 Å². The molecule has 0 saturated carbocycles. The highest BCUT2D eigenvalue weighted by Crippen LogP contribution is 2.10. The van der Waals surface area contributed by atoms with Crippen molar-refractivity contribution >= 4 is 15.9 Å². The smallest absolute Gasteiger partial charge is 0.0778 e. The highest BCUT2D eigenvalue weighted by molar-refractivity contribution is 9.11.